The number of hydrogen-bond donors (Lipinski definition) is 1. The Morgan fingerprint density at radius 1 is 1.69 bits per heavy atom. The highest BCUT2D eigenvalue weighted by Crippen LogP contribution is 2.22. The Bertz CT molecular complexity index is 392. The predicted molar refractivity (Wildman–Crippen MR) is 63.0 cm³/mol. The molecular formula is C12H17N3O. The van der Waals surface area contributed by atoms with Gasteiger partial charge in [0.25, 0.3) is 5.91 Å². The van der Waals surface area contributed by atoms with Gasteiger partial charge in [0.05, 0.1) is 5.56 Å². The van der Waals surface area contributed by atoms with Gasteiger partial charge in [-0.25, -0.2) is 0 Å². The van der Waals surface area contributed by atoms with E-state index in [4.69, 9.17) is 5.73 Å². The number of amides is 1. The van der Waals surface area contributed by atoms with E-state index in [9.17, 15) is 4.79 Å². The maximum atomic E-state index is 12.1. The quantitative estimate of drug-likeness (QED) is 0.820. The van der Waals surface area contributed by atoms with Crippen LogP contribution in [0.5, 0.6) is 0 Å². The molecule has 2 N–H and O–H groups in total. The number of anilines is 1. The number of likely N-dealkylation sites (tertiary alicyclic amines) is 1. The topological polar surface area (TPSA) is 59.2 Å². The normalized spacial score (nSPS) is 20.1. The van der Waals surface area contributed by atoms with Crippen LogP contribution in [0.15, 0.2) is 18.5 Å². The van der Waals surface area contributed by atoms with E-state index in [1.807, 2.05) is 4.90 Å². The minimum Gasteiger partial charge on any atom is -0.398 e. The van der Waals surface area contributed by atoms with E-state index in [0.29, 0.717) is 17.2 Å². The Kier molecular flexibility index (Phi) is 3.08. The largest absolute Gasteiger partial charge is 0.398 e. The number of carbonyl (C=O) groups is 1. The van der Waals surface area contributed by atoms with Gasteiger partial charge in [-0.2, -0.15) is 0 Å². The van der Waals surface area contributed by atoms with Crippen LogP contribution in [-0.2, 0) is 0 Å². The lowest BCUT2D eigenvalue weighted by atomic mass is 10.1. The number of nitrogens with two attached hydrogens (primary N) is 1. The summed E-state index contributed by atoms with van der Waals surface area (Å²) >= 11 is 0. The van der Waals surface area contributed by atoms with Crippen molar-refractivity contribution in [1.29, 1.82) is 0 Å². The fourth-order valence-electron chi connectivity index (χ4n) is 2.10. The monoisotopic (exact) mass is 219 g/mol. The van der Waals surface area contributed by atoms with Crippen LogP contribution >= 0.6 is 0 Å². The predicted octanol–water partition coefficient (Wildman–Crippen LogP) is 1.54. The lowest BCUT2D eigenvalue weighted by molar-refractivity contribution is 0.0787. The Morgan fingerprint density at radius 3 is 3.12 bits per heavy atom. The highest BCUT2D eigenvalue weighted by atomic mass is 16.2. The first-order chi connectivity index (χ1) is 7.72. The van der Waals surface area contributed by atoms with E-state index in [1.165, 1.54) is 0 Å². The molecule has 1 aliphatic rings. The zero-order valence-electron chi connectivity index (χ0n) is 9.52. The van der Waals surface area contributed by atoms with Crippen molar-refractivity contribution < 1.29 is 4.79 Å². The molecule has 2 heterocycles. The van der Waals surface area contributed by atoms with Crippen LogP contribution in [0.2, 0.25) is 0 Å². The van der Waals surface area contributed by atoms with Crippen molar-refractivity contribution in [3.63, 3.8) is 0 Å². The maximum Gasteiger partial charge on any atom is 0.257 e. The summed E-state index contributed by atoms with van der Waals surface area (Å²) in [6, 6.07) is 1.67. The van der Waals surface area contributed by atoms with Gasteiger partial charge < -0.3 is 10.6 Å². The number of nitrogens with zero attached hydrogens (tertiary/aromatic N) is 2. The lowest BCUT2D eigenvalue weighted by Gasteiger charge is -2.16. The van der Waals surface area contributed by atoms with Crippen molar-refractivity contribution in [2.75, 3.05) is 18.8 Å². The molecule has 16 heavy (non-hydrogen) atoms. The minimum atomic E-state index is 0.0153. The lowest BCUT2D eigenvalue weighted by Crippen LogP contribution is -2.29. The number of pyridine rings is 1. The molecule has 2 rings (SSSR count). The van der Waals surface area contributed by atoms with Gasteiger partial charge in [0.1, 0.15) is 0 Å². The van der Waals surface area contributed by atoms with Crippen LogP contribution in [0.25, 0.3) is 0 Å². The first kappa shape index (κ1) is 10.9. The summed E-state index contributed by atoms with van der Waals surface area (Å²) in [5, 5.41) is 0. The third-order valence-electron chi connectivity index (χ3n) is 3.24. The molecule has 1 fully saturated rings. The fourth-order valence-corrected chi connectivity index (χ4v) is 2.10. The third-order valence-corrected chi connectivity index (χ3v) is 3.24. The summed E-state index contributed by atoms with van der Waals surface area (Å²) in [5.41, 5.74) is 6.81. The number of rotatable bonds is 2. The van der Waals surface area contributed by atoms with Gasteiger partial charge in [0.15, 0.2) is 0 Å². The van der Waals surface area contributed by atoms with Gasteiger partial charge in [-0.3, -0.25) is 9.78 Å². The van der Waals surface area contributed by atoms with Crippen LogP contribution in [0.3, 0.4) is 0 Å². The minimum absolute atomic E-state index is 0.0153. The average molecular weight is 219 g/mol. The molecular weight excluding hydrogens is 202 g/mol. The van der Waals surface area contributed by atoms with Crippen molar-refractivity contribution in [3.05, 3.63) is 24.0 Å². The summed E-state index contributed by atoms with van der Waals surface area (Å²) in [7, 11) is 0. The molecule has 1 unspecified atom stereocenters. The van der Waals surface area contributed by atoms with E-state index in [1.54, 1.807) is 18.5 Å². The molecule has 0 aliphatic carbocycles. The molecule has 86 valence electrons. The smallest absolute Gasteiger partial charge is 0.257 e. The van der Waals surface area contributed by atoms with Crippen molar-refractivity contribution in [2.24, 2.45) is 5.92 Å². The molecule has 1 saturated heterocycles. The summed E-state index contributed by atoms with van der Waals surface area (Å²) in [4.78, 5) is 18.0. The second kappa shape index (κ2) is 4.51. The maximum absolute atomic E-state index is 12.1. The Morgan fingerprint density at radius 2 is 2.50 bits per heavy atom. The van der Waals surface area contributed by atoms with E-state index < -0.39 is 0 Å². The average Bonchev–Trinajstić information content (AvgIpc) is 2.77. The molecule has 0 saturated carbocycles. The van der Waals surface area contributed by atoms with Gasteiger partial charge >= 0.3 is 0 Å². The number of carbonyl (C=O) groups excluding carboxylic acids is 1. The molecule has 4 heteroatoms. The first-order valence-electron chi connectivity index (χ1n) is 5.71. The third kappa shape index (κ3) is 2.01. The van der Waals surface area contributed by atoms with Crippen LogP contribution in [0, 0.1) is 5.92 Å². The second-order valence-corrected chi connectivity index (χ2v) is 4.28. The molecule has 0 aromatic carbocycles. The zero-order chi connectivity index (χ0) is 11.5. The fraction of sp³-hybridized carbons (Fsp3) is 0.500. The molecule has 0 spiro atoms. The number of hydrogen-bond acceptors (Lipinski definition) is 3. The molecule has 1 amide bonds. The van der Waals surface area contributed by atoms with E-state index in [2.05, 4.69) is 11.9 Å². The van der Waals surface area contributed by atoms with E-state index in [0.717, 1.165) is 25.9 Å². The molecule has 4 nitrogen and oxygen atoms in total. The summed E-state index contributed by atoms with van der Waals surface area (Å²) in [5.74, 6) is 0.656. The second-order valence-electron chi connectivity index (χ2n) is 4.28. The Labute approximate surface area is 95.5 Å². The Hall–Kier alpha value is -1.58. The molecule has 1 aromatic heterocycles. The van der Waals surface area contributed by atoms with Gasteiger partial charge in [0, 0.05) is 31.2 Å². The highest BCUT2D eigenvalue weighted by Gasteiger charge is 2.26. The van der Waals surface area contributed by atoms with Crippen molar-refractivity contribution in [3.8, 4) is 0 Å². The van der Waals surface area contributed by atoms with Crippen molar-refractivity contribution >= 4 is 11.6 Å². The number of aromatic nitrogens is 1. The van der Waals surface area contributed by atoms with Gasteiger partial charge in [-0.05, 0) is 18.4 Å². The summed E-state index contributed by atoms with van der Waals surface area (Å²) in [6.07, 6.45) is 5.39. The molecule has 1 aromatic rings. The van der Waals surface area contributed by atoms with Crippen molar-refractivity contribution in [1.82, 2.24) is 9.88 Å². The molecule has 0 radical (unpaired) electrons. The molecule has 1 atom stereocenters. The molecule has 0 bridgehead atoms. The zero-order valence-corrected chi connectivity index (χ0v) is 9.52. The Balaban J connectivity index is 2.12. The summed E-state index contributed by atoms with van der Waals surface area (Å²) in [6.45, 7) is 3.85. The summed E-state index contributed by atoms with van der Waals surface area (Å²) < 4.78 is 0. The van der Waals surface area contributed by atoms with Gasteiger partial charge in [-0.15, -0.1) is 0 Å². The SMILES string of the molecule is CCC1CCN(C(=O)c2cnccc2N)C1. The standard InChI is InChI=1S/C12H17N3O/c1-2-9-4-6-15(8-9)12(16)10-7-14-5-3-11(10)13/h3,5,7,9H,2,4,6,8H2,1H3,(H2,13,14). The van der Waals surface area contributed by atoms with Crippen LogP contribution < -0.4 is 5.73 Å². The highest BCUT2D eigenvalue weighted by molar-refractivity contribution is 5.98. The van der Waals surface area contributed by atoms with Crippen molar-refractivity contribution in [2.45, 2.75) is 19.8 Å². The molecule has 1 aliphatic heterocycles. The van der Waals surface area contributed by atoms with Crippen LogP contribution in [-0.4, -0.2) is 28.9 Å². The van der Waals surface area contributed by atoms with Crippen LogP contribution in [0.4, 0.5) is 5.69 Å². The first-order valence-corrected chi connectivity index (χ1v) is 5.71. The van der Waals surface area contributed by atoms with E-state index >= 15 is 0 Å². The van der Waals surface area contributed by atoms with Gasteiger partial charge in [0.2, 0.25) is 0 Å². The van der Waals surface area contributed by atoms with E-state index in [-0.39, 0.29) is 5.91 Å². The van der Waals surface area contributed by atoms with Crippen LogP contribution in [0.1, 0.15) is 30.1 Å². The number of nitrogen functional groups attached to an aromatic ring is 1. The van der Waals surface area contributed by atoms with Gasteiger partial charge in [-0.1, -0.05) is 13.3 Å².